The number of nitrogens with one attached hydrogen (secondary N) is 1. The number of hydrogen-bond donors (Lipinski definition) is 1. The van der Waals surface area contributed by atoms with E-state index in [-0.39, 0.29) is 24.5 Å². The number of carbonyl (C=O) groups excluding carboxylic acids is 2. The lowest BCUT2D eigenvalue weighted by molar-refractivity contribution is -0.116. The lowest BCUT2D eigenvalue weighted by Crippen LogP contribution is -2.13. The molecule has 0 fully saturated rings. The highest BCUT2D eigenvalue weighted by Gasteiger charge is 2.11. The average Bonchev–Trinajstić information content (AvgIpc) is 3.09. The molecule has 1 amide bonds. The predicted molar refractivity (Wildman–Crippen MR) is 104 cm³/mol. The smallest absolute Gasteiger partial charge is 0.226 e. The zero-order chi connectivity index (χ0) is 17.6. The zero-order valence-electron chi connectivity index (χ0n) is 13.2. The first-order chi connectivity index (χ1) is 12.1. The molecule has 2 aromatic carbocycles. The quantitative estimate of drug-likeness (QED) is 0.565. The highest BCUT2D eigenvalue weighted by atomic mass is 79.9. The van der Waals surface area contributed by atoms with Gasteiger partial charge in [-0.2, -0.15) is 0 Å². The van der Waals surface area contributed by atoms with Crippen LogP contribution in [0, 0.1) is 0 Å². The summed E-state index contributed by atoms with van der Waals surface area (Å²) >= 11 is 4.77. The number of amides is 1. The number of nitrogens with zero attached hydrogens (tertiary/aromatic N) is 1. The summed E-state index contributed by atoms with van der Waals surface area (Å²) in [6.45, 7) is 0. The maximum atomic E-state index is 12.0. The number of ketones is 1. The molecule has 25 heavy (non-hydrogen) atoms. The second-order valence-corrected chi connectivity index (χ2v) is 7.16. The molecule has 3 aromatic rings. The summed E-state index contributed by atoms with van der Waals surface area (Å²) in [4.78, 5) is 28.5. The Balaban J connectivity index is 1.55. The minimum absolute atomic E-state index is 0.0366. The molecule has 0 saturated carbocycles. The number of benzene rings is 2. The van der Waals surface area contributed by atoms with Crippen molar-refractivity contribution in [3.05, 3.63) is 70.0 Å². The molecule has 0 radical (unpaired) electrons. The van der Waals surface area contributed by atoms with Gasteiger partial charge in [0.05, 0.1) is 5.69 Å². The molecule has 0 spiro atoms. The number of thiazole rings is 1. The van der Waals surface area contributed by atoms with Crippen molar-refractivity contribution >= 4 is 44.1 Å². The summed E-state index contributed by atoms with van der Waals surface area (Å²) in [5, 5.41) is 5.19. The number of Topliss-reactive ketones (excluding diaryl/α,β-unsaturated/α-hetero) is 1. The van der Waals surface area contributed by atoms with Gasteiger partial charge in [0.25, 0.3) is 0 Å². The van der Waals surface area contributed by atoms with Gasteiger partial charge in [0.15, 0.2) is 10.9 Å². The molecule has 1 N–H and O–H groups in total. The van der Waals surface area contributed by atoms with Crippen molar-refractivity contribution in [1.29, 1.82) is 0 Å². The van der Waals surface area contributed by atoms with Crippen LogP contribution in [-0.4, -0.2) is 16.7 Å². The third-order valence-corrected chi connectivity index (χ3v) is 4.85. The van der Waals surface area contributed by atoms with Crippen LogP contribution in [0.25, 0.3) is 11.3 Å². The van der Waals surface area contributed by atoms with E-state index >= 15 is 0 Å². The molecule has 0 saturated heterocycles. The van der Waals surface area contributed by atoms with Crippen molar-refractivity contribution in [3.63, 3.8) is 0 Å². The van der Waals surface area contributed by atoms with Gasteiger partial charge in [-0.05, 0) is 12.1 Å². The van der Waals surface area contributed by atoms with E-state index in [1.54, 1.807) is 12.1 Å². The topological polar surface area (TPSA) is 59.1 Å². The second-order valence-electron chi connectivity index (χ2n) is 5.38. The Morgan fingerprint density at radius 3 is 2.44 bits per heavy atom. The number of aromatic nitrogens is 1. The van der Waals surface area contributed by atoms with Crippen LogP contribution in [0.3, 0.4) is 0 Å². The van der Waals surface area contributed by atoms with Gasteiger partial charge in [0.1, 0.15) is 0 Å². The van der Waals surface area contributed by atoms with Crippen molar-refractivity contribution in [3.8, 4) is 11.3 Å². The molecular weight excluding hydrogens is 400 g/mol. The molecule has 0 aliphatic rings. The second kappa shape index (κ2) is 8.18. The van der Waals surface area contributed by atoms with Crippen LogP contribution in [0.5, 0.6) is 0 Å². The lowest BCUT2D eigenvalue weighted by atomic mass is 10.1. The Labute approximate surface area is 158 Å². The van der Waals surface area contributed by atoms with Gasteiger partial charge in [-0.1, -0.05) is 58.4 Å². The molecule has 3 rings (SSSR count). The first-order valence-corrected chi connectivity index (χ1v) is 9.38. The van der Waals surface area contributed by atoms with E-state index < -0.39 is 0 Å². The van der Waals surface area contributed by atoms with E-state index in [2.05, 4.69) is 26.2 Å². The van der Waals surface area contributed by atoms with Crippen molar-refractivity contribution in [1.82, 2.24) is 4.98 Å². The van der Waals surface area contributed by atoms with E-state index in [1.165, 1.54) is 11.3 Å². The first-order valence-electron chi connectivity index (χ1n) is 7.71. The molecule has 1 aromatic heterocycles. The Morgan fingerprint density at radius 2 is 1.72 bits per heavy atom. The lowest BCUT2D eigenvalue weighted by Gasteiger charge is -2.02. The van der Waals surface area contributed by atoms with Crippen LogP contribution in [0.4, 0.5) is 5.13 Å². The van der Waals surface area contributed by atoms with Crippen LogP contribution >= 0.6 is 27.3 Å². The van der Waals surface area contributed by atoms with Crippen molar-refractivity contribution < 1.29 is 9.59 Å². The Morgan fingerprint density at radius 1 is 1.00 bits per heavy atom. The van der Waals surface area contributed by atoms with E-state index in [4.69, 9.17) is 0 Å². The first kappa shape index (κ1) is 17.5. The van der Waals surface area contributed by atoms with Crippen LogP contribution in [0.2, 0.25) is 0 Å². The Hall–Kier alpha value is -2.31. The third-order valence-electron chi connectivity index (χ3n) is 3.57. The van der Waals surface area contributed by atoms with Crippen molar-refractivity contribution in [2.24, 2.45) is 0 Å². The predicted octanol–water partition coefficient (Wildman–Crippen LogP) is 5.17. The monoisotopic (exact) mass is 414 g/mol. The zero-order valence-corrected chi connectivity index (χ0v) is 15.6. The van der Waals surface area contributed by atoms with Gasteiger partial charge in [0.2, 0.25) is 5.91 Å². The highest BCUT2D eigenvalue weighted by molar-refractivity contribution is 9.10. The fourth-order valence-electron chi connectivity index (χ4n) is 2.26. The van der Waals surface area contributed by atoms with Crippen LogP contribution in [-0.2, 0) is 4.79 Å². The summed E-state index contributed by atoms with van der Waals surface area (Å²) in [5.74, 6) is -0.244. The standard InChI is InChI=1S/C19H15BrN2O2S/c20-15-8-6-13(7-9-15)16-12-25-19(21-16)22-18(24)11-10-17(23)14-4-2-1-3-5-14/h1-9,12H,10-11H2,(H,21,22,24). The van der Waals surface area contributed by atoms with Gasteiger partial charge < -0.3 is 5.32 Å². The minimum atomic E-state index is -0.207. The van der Waals surface area contributed by atoms with Crippen molar-refractivity contribution in [2.45, 2.75) is 12.8 Å². The molecule has 0 aliphatic heterocycles. The molecule has 0 bridgehead atoms. The molecule has 1 heterocycles. The Kier molecular flexibility index (Phi) is 5.73. The third kappa shape index (κ3) is 4.84. The van der Waals surface area contributed by atoms with Gasteiger partial charge in [-0.3, -0.25) is 9.59 Å². The van der Waals surface area contributed by atoms with E-state index in [0.717, 1.165) is 15.7 Å². The number of anilines is 1. The largest absolute Gasteiger partial charge is 0.302 e. The van der Waals surface area contributed by atoms with Crippen LogP contribution in [0.15, 0.2) is 64.5 Å². The average molecular weight is 415 g/mol. The summed E-state index contributed by atoms with van der Waals surface area (Å²) in [7, 11) is 0. The molecule has 6 heteroatoms. The molecule has 0 aliphatic carbocycles. The Bertz CT molecular complexity index is 876. The number of halogens is 1. The molecule has 126 valence electrons. The van der Waals surface area contributed by atoms with Gasteiger partial charge in [-0.25, -0.2) is 4.98 Å². The summed E-state index contributed by atoms with van der Waals surface area (Å²) in [6.07, 6.45) is 0.321. The number of rotatable bonds is 6. The SMILES string of the molecule is O=C(CCC(=O)c1ccccc1)Nc1nc(-c2ccc(Br)cc2)cs1. The fourth-order valence-corrected chi connectivity index (χ4v) is 3.26. The van der Waals surface area contributed by atoms with Crippen LogP contribution in [0.1, 0.15) is 23.2 Å². The molecule has 0 unspecified atom stereocenters. The van der Waals surface area contributed by atoms with E-state index in [0.29, 0.717) is 10.7 Å². The summed E-state index contributed by atoms with van der Waals surface area (Å²) in [6, 6.07) is 16.8. The molecule has 0 atom stereocenters. The van der Waals surface area contributed by atoms with Gasteiger partial charge in [-0.15, -0.1) is 11.3 Å². The maximum Gasteiger partial charge on any atom is 0.226 e. The highest BCUT2D eigenvalue weighted by Crippen LogP contribution is 2.26. The van der Waals surface area contributed by atoms with E-state index in [1.807, 2.05) is 47.8 Å². The fraction of sp³-hybridized carbons (Fsp3) is 0.105. The van der Waals surface area contributed by atoms with Crippen LogP contribution < -0.4 is 5.32 Å². The normalized spacial score (nSPS) is 10.4. The van der Waals surface area contributed by atoms with Crippen molar-refractivity contribution in [2.75, 3.05) is 5.32 Å². The van der Waals surface area contributed by atoms with E-state index in [9.17, 15) is 9.59 Å². The minimum Gasteiger partial charge on any atom is -0.302 e. The van der Waals surface area contributed by atoms with Gasteiger partial charge in [0, 0.05) is 33.8 Å². The maximum absolute atomic E-state index is 12.0. The summed E-state index contributed by atoms with van der Waals surface area (Å²) < 4.78 is 1.00. The molecular formula is C19H15BrN2O2S. The molecule has 4 nitrogen and oxygen atoms in total. The number of carbonyl (C=O) groups is 2. The number of hydrogen-bond acceptors (Lipinski definition) is 4. The summed E-state index contributed by atoms with van der Waals surface area (Å²) in [5.41, 5.74) is 2.43. The van der Waals surface area contributed by atoms with Gasteiger partial charge >= 0.3 is 0 Å².